The van der Waals surface area contributed by atoms with Gasteiger partial charge >= 0.3 is 0 Å². The van der Waals surface area contributed by atoms with Gasteiger partial charge in [-0.15, -0.1) is 0 Å². The van der Waals surface area contributed by atoms with E-state index in [9.17, 15) is 9.59 Å². The minimum absolute atomic E-state index is 0.0277. The zero-order valence-electron chi connectivity index (χ0n) is 14.8. The number of rotatable bonds is 5. The Morgan fingerprint density at radius 1 is 1.25 bits per heavy atom. The maximum Gasteiger partial charge on any atom is 0.229 e. The third-order valence-electron chi connectivity index (χ3n) is 5.65. The van der Waals surface area contributed by atoms with Gasteiger partial charge in [-0.1, -0.05) is 38.8 Å². The standard InChI is InChI=1S/C20H28N2O2/c1-3-14(2)15-8-10-17(11-9-15)21-20(24)16-12-19(23)22(13-16)18-6-4-5-7-18/h8-11,14,16,18H,3-7,12-13H2,1-2H3,(H,21,24)/t14-,16-/m0/s1. The van der Waals surface area contributed by atoms with E-state index >= 15 is 0 Å². The molecule has 24 heavy (non-hydrogen) atoms. The average Bonchev–Trinajstić information content (AvgIpc) is 3.24. The van der Waals surface area contributed by atoms with E-state index in [2.05, 4.69) is 31.3 Å². The van der Waals surface area contributed by atoms with Gasteiger partial charge in [-0.2, -0.15) is 0 Å². The van der Waals surface area contributed by atoms with Gasteiger partial charge < -0.3 is 10.2 Å². The van der Waals surface area contributed by atoms with Crippen LogP contribution in [0.1, 0.15) is 63.9 Å². The Hall–Kier alpha value is -1.84. The summed E-state index contributed by atoms with van der Waals surface area (Å²) in [6.45, 7) is 4.96. The Labute approximate surface area is 144 Å². The number of likely N-dealkylation sites (tertiary alicyclic amines) is 1. The number of hydrogen-bond donors (Lipinski definition) is 1. The fraction of sp³-hybridized carbons (Fsp3) is 0.600. The molecule has 1 N–H and O–H groups in total. The third-order valence-corrected chi connectivity index (χ3v) is 5.65. The lowest BCUT2D eigenvalue weighted by Crippen LogP contribution is -2.35. The van der Waals surface area contributed by atoms with Gasteiger partial charge in [0.15, 0.2) is 0 Å². The van der Waals surface area contributed by atoms with E-state index in [1.807, 2.05) is 17.0 Å². The molecular formula is C20H28N2O2. The molecule has 4 nitrogen and oxygen atoms in total. The molecule has 0 radical (unpaired) electrons. The minimum atomic E-state index is -0.215. The molecule has 1 heterocycles. The van der Waals surface area contributed by atoms with Crippen molar-refractivity contribution < 1.29 is 9.59 Å². The van der Waals surface area contributed by atoms with Crippen molar-refractivity contribution in [3.8, 4) is 0 Å². The average molecular weight is 328 g/mol. The van der Waals surface area contributed by atoms with Crippen LogP contribution in [0.2, 0.25) is 0 Å². The molecule has 2 fully saturated rings. The topological polar surface area (TPSA) is 49.4 Å². The van der Waals surface area contributed by atoms with Crippen LogP contribution in [0.4, 0.5) is 5.69 Å². The zero-order chi connectivity index (χ0) is 17.1. The van der Waals surface area contributed by atoms with Crippen LogP contribution in [0.5, 0.6) is 0 Å². The van der Waals surface area contributed by atoms with E-state index in [0.717, 1.165) is 24.9 Å². The maximum absolute atomic E-state index is 12.5. The molecule has 0 aromatic heterocycles. The summed E-state index contributed by atoms with van der Waals surface area (Å²) in [6.07, 6.45) is 6.05. The van der Waals surface area contributed by atoms with E-state index in [0.29, 0.717) is 24.9 Å². The fourth-order valence-electron chi connectivity index (χ4n) is 3.85. The minimum Gasteiger partial charge on any atom is -0.339 e. The Morgan fingerprint density at radius 3 is 2.54 bits per heavy atom. The van der Waals surface area contributed by atoms with E-state index < -0.39 is 0 Å². The molecule has 0 unspecified atom stereocenters. The smallest absolute Gasteiger partial charge is 0.229 e. The highest BCUT2D eigenvalue weighted by Crippen LogP contribution is 2.30. The van der Waals surface area contributed by atoms with Crippen LogP contribution in [0.3, 0.4) is 0 Å². The first kappa shape index (κ1) is 17.0. The highest BCUT2D eigenvalue weighted by Gasteiger charge is 2.38. The van der Waals surface area contributed by atoms with Crippen LogP contribution in [-0.4, -0.2) is 29.3 Å². The number of anilines is 1. The van der Waals surface area contributed by atoms with Crippen molar-refractivity contribution in [3.05, 3.63) is 29.8 Å². The summed E-state index contributed by atoms with van der Waals surface area (Å²) in [6, 6.07) is 8.45. The predicted octanol–water partition coefficient (Wildman–Crippen LogP) is 3.93. The van der Waals surface area contributed by atoms with Gasteiger partial charge in [0.25, 0.3) is 0 Å². The van der Waals surface area contributed by atoms with Crippen molar-refractivity contribution in [2.75, 3.05) is 11.9 Å². The molecule has 4 heteroatoms. The number of carbonyl (C=O) groups is 2. The lowest BCUT2D eigenvalue weighted by atomic mass is 9.98. The van der Waals surface area contributed by atoms with E-state index in [4.69, 9.17) is 0 Å². The van der Waals surface area contributed by atoms with Crippen molar-refractivity contribution in [2.24, 2.45) is 5.92 Å². The zero-order valence-corrected chi connectivity index (χ0v) is 14.8. The number of hydrogen-bond acceptors (Lipinski definition) is 2. The second kappa shape index (κ2) is 7.37. The van der Waals surface area contributed by atoms with Gasteiger partial charge in [0.05, 0.1) is 5.92 Å². The van der Waals surface area contributed by atoms with Crippen LogP contribution in [0.15, 0.2) is 24.3 Å². The summed E-state index contributed by atoms with van der Waals surface area (Å²) >= 11 is 0. The summed E-state index contributed by atoms with van der Waals surface area (Å²) in [4.78, 5) is 26.7. The maximum atomic E-state index is 12.5. The van der Waals surface area contributed by atoms with E-state index in [1.165, 1.54) is 18.4 Å². The SMILES string of the molecule is CC[C@H](C)c1ccc(NC(=O)[C@H]2CC(=O)N(C3CCCC3)C2)cc1. The summed E-state index contributed by atoms with van der Waals surface area (Å²) in [5.41, 5.74) is 2.11. The van der Waals surface area contributed by atoms with Crippen molar-refractivity contribution in [1.29, 1.82) is 0 Å². The molecule has 2 atom stereocenters. The fourth-order valence-corrected chi connectivity index (χ4v) is 3.85. The van der Waals surface area contributed by atoms with Crippen molar-refractivity contribution >= 4 is 17.5 Å². The molecular weight excluding hydrogens is 300 g/mol. The lowest BCUT2D eigenvalue weighted by Gasteiger charge is -2.23. The molecule has 1 saturated carbocycles. The molecule has 0 bridgehead atoms. The van der Waals surface area contributed by atoms with Gasteiger partial charge in [0.1, 0.15) is 0 Å². The van der Waals surface area contributed by atoms with Gasteiger partial charge in [-0.3, -0.25) is 9.59 Å². The molecule has 1 saturated heterocycles. The van der Waals surface area contributed by atoms with E-state index in [-0.39, 0.29) is 17.7 Å². The van der Waals surface area contributed by atoms with Crippen molar-refractivity contribution in [2.45, 2.75) is 64.3 Å². The van der Waals surface area contributed by atoms with Gasteiger partial charge in [0, 0.05) is 24.7 Å². The molecule has 1 aromatic carbocycles. The van der Waals surface area contributed by atoms with Crippen LogP contribution in [-0.2, 0) is 9.59 Å². The van der Waals surface area contributed by atoms with Crippen LogP contribution >= 0.6 is 0 Å². The number of nitrogens with zero attached hydrogens (tertiary/aromatic N) is 1. The summed E-state index contributed by atoms with van der Waals surface area (Å²) in [7, 11) is 0. The molecule has 3 rings (SSSR count). The molecule has 0 spiro atoms. The lowest BCUT2D eigenvalue weighted by molar-refractivity contribution is -0.129. The van der Waals surface area contributed by atoms with Crippen molar-refractivity contribution in [3.63, 3.8) is 0 Å². The number of nitrogens with one attached hydrogen (secondary N) is 1. The number of benzene rings is 1. The predicted molar refractivity (Wildman–Crippen MR) is 95.9 cm³/mol. The van der Waals surface area contributed by atoms with Gasteiger partial charge in [-0.05, 0) is 42.9 Å². The molecule has 2 aliphatic rings. The van der Waals surface area contributed by atoms with E-state index in [1.54, 1.807) is 0 Å². The second-order valence-corrected chi connectivity index (χ2v) is 7.31. The van der Waals surface area contributed by atoms with Gasteiger partial charge in [-0.25, -0.2) is 0 Å². The monoisotopic (exact) mass is 328 g/mol. The van der Waals surface area contributed by atoms with Crippen molar-refractivity contribution in [1.82, 2.24) is 4.90 Å². The third kappa shape index (κ3) is 3.63. The summed E-state index contributed by atoms with van der Waals surface area (Å²) < 4.78 is 0. The van der Waals surface area contributed by atoms with Gasteiger partial charge in [0.2, 0.25) is 11.8 Å². The molecule has 1 aliphatic carbocycles. The first-order valence-electron chi connectivity index (χ1n) is 9.28. The molecule has 2 amide bonds. The Morgan fingerprint density at radius 2 is 1.92 bits per heavy atom. The number of carbonyl (C=O) groups excluding carboxylic acids is 2. The normalized spacial score (nSPS) is 22.8. The largest absolute Gasteiger partial charge is 0.339 e. The number of amides is 2. The molecule has 130 valence electrons. The Balaban J connectivity index is 1.58. The highest BCUT2D eigenvalue weighted by atomic mass is 16.2. The first-order valence-corrected chi connectivity index (χ1v) is 9.28. The Kier molecular flexibility index (Phi) is 5.22. The molecule has 1 aliphatic heterocycles. The second-order valence-electron chi connectivity index (χ2n) is 7.31. The van der Waals surface area contributed by atoms with Crippen LogP contribution < -0.4 is 5.32 Å². The first-order chi connectivity index (χ1) is 11.6. The summed E-state index contributed by atoms with van der Waals surface area (Å²) in [5, 5.41) is 2.98. The highest BCUT2D eigenvalue weighted by molar-refractivity contribution is 5.97. The summed E-state index contributed by atoms with van der Waals surface area (Å²) in [5.74, 6) is 0.434. The quantitative estimate of drug-likeness (QED) is 0.890. The Bertz CT molecular complexity index is 590. The van der Waals surface area contributed by atoms with Crippen LogP contribution in [0, 0.1) is 5.92 Å². The van der Waals surface area contributed by atoms with Crippen LogP contribution in [0.25, 0.3) is 0 Å². The molecule has 1 aromatic rings.